The maximum Gasteiger partial charge on any atom is 0.251 e. The molecule has 0 aromatic heterocycles. The van der Waals surface area contributed by atoms with Gasteiger partial charge in [-0.15, -0.1) is 0 Å². The Labute approximate surface area is 155 Å². The van der Waals surface area contributed by atoms with Gasteiger partial charge in [-0.1, -0.05) is 19.1 Å². The van der Waals surface area contributed by atoms with E-state index in [4.69, 9.17) is 9.47 Å². The quantitative estimate of drug-likeness (QED) is 0.793. The molecule has 2 fully saturated rings. The molecule has 26 heavy (non-hydrogen) atoms. The van der Waals surface area contributed by atoms with E-state index in [1.54, 1.807) is 0 Å². The number of hydrogen-bond donors (Lipinski definition) is 1. The lowest BCUT2D eigenvalue weighted by atomic mass is 10.2. The Bertz CT molecular complexity index is 564. The number of amides is 1. The average molecular weight is 362 g/mol. The molecule has 2 heterocycles. The summed E-state index contributed by atoms with van der Waals surface area (Å²) in [6, 6.07) is 7.99. The van der Waals surface area contributed by atoms with Crippen LogP contribution in [0.25, 0.3) is 0 Å². The van der Waals surface area contributed by atoms with Crippen LogP contribution in [-0.2, 0) is 16.0 Å². The topological polar surface area (TPSA) is 62.2 Å². The molecular weight excluding hydrogens is 332 g/mol. The van der Waals surface area contributed by atoms with Crippen LogP contribution in [0.4, 0.5) is 0 Å². The normalized spacial score (nSPS) is 22.4. The molecule has 6 nitrogen and oxygen atoms in total. The van der Waals surface area contributed by atoms with Crippen molar-refractivity contribution in [2.45, 2.75) is 38.4 Å². The number of aliphatic hydroxyl groups is 1. The number of nitrogens with zero attached hydrogens (tertiary/aromatic N) is 2. The van der Waals surface area contributed by atoms with Crippen LogP contribution in [0, 0.1) is 0 Å². The van der Waals surface area contributed by atoms with E-state index in [0.29, 0.717) is 26.2 Å². The van der Waals surface area contributed by atoms with Crippen LogP contribution in [0.15, 0.2) is 24.3 Å². The Morgan fingerprint density at radius 3 is 2.62 bits per heavy atom. The highest BCUT2D eigenvalue weighted by molar-refractivity contribution is 5.81. The van der Waals surface area contributed by atoms with Crippen molar-refractivity contribution in [2.75, 3.05) is 45.9 Å². The summed E-state index contributed by atoms with van der Waals surface area (Å²) in [5.41, 5.74) is 1.27. The monoisotopic (exact) mass is 362 g/mol. The van der Waals surface area contributed by atoms with E-state index in [9.17, 15) is 9.90 Å². The summed E-state index contributed by atoms with van der Waals surface area (Å²) in [4.78, 5) is 16.4. The van der Waals surface area contributed by atoms with Gasteiger partial charge >= 0.3 is 0 Å². The Morgan fingerprint density at radius 1 is 1.27 bits per heavy atom. The van der Waals surface area contributed by atoms with Crippen LogP contribution in [0.5, 0.6) is 5.75 Å². The van der Waals surface area contributed by atoms with Crippen molar-refractivity contribution >= 4 is 5.91 Å². The molecule has 0 bridgehead atoms. The molecule has 0 saturated carbocycles. The van der Waals surface area contributed by atoms with E-state index < -0.39 is 6.10 Å². The fourth-order valence-corrected chi connectivity index (χ4v) is 3.49. The van der Waals surface area contributed by atoms with Crippen LogP contribution in [0.2, 0.25) is 0 Å². The Balaban J connectivity index is 1.36. The smallest absolute Gasteiger partial charge is 0.251 e. The standard InChI is InChI=1S/C20H30N2O4/c1-2-16-5-7-18(8-6-16)26-15-17(23)14-21-9-11-22(12-10-21)20(24)19-4-3-13-25-19/h5-8,17,19,23H,2-4,9-15H2,1H3/t17-,19-/m1/s1. The zero-order chi connectivity index (χ0) is 18.4. The van der Waals surface area contributed by atoms with Crippen LogP contribution >= 0.6 is 0 Å². The van der Waals surface area contributed by atoms with Gasteiger partial charge in [0, 0.05) is 39.3 Å². The molecule has 3 rings (SSSR count). The third-order valence-electron chi connectivity index (χ3n) is 5.13. The summed E-state index contributed by atoms with van der Waals surface area (Å²) >= 11 is 0. The molecule has 2 atom stereocenters. The van der Waals surface area contributed by atoms with Crippen molar-refractivity contribution in [1.29, 1.82) is 0 Å². The largest absolute Gasteiger partial charge is 0.491 e. The predicted octanol–water partition coefficient (Wildman–Crippen LogP) is 1.31. The van der Waals surface area contributed by atoms with Crippen LogP contribution < -0.4 is 4.74 Å². The van der Waals surface area contributed by atoms with Gasteiger partial charge < -0.3 is 19.5 Å². The van der Waals surface area contributed by atoms with Crippen molar-refractivity contribution in [3.05, 3.63) is 29.8 Å². The molecule has 0 spiro atoms. The second-order valence-electron chi connectivity index (χ2n) is 7.09. The van der Waals surface area contributed by atoms with Crippen LogP contribution in [-0.4, -0.2) is 79.0 Å². The first kappa shape index (κ1) is 19.1. The highest BCUT2D eigenvalue weighted by Crippen LogP contribution is 2.16. The second-order valence-corrected chi connectivity index (χ2v) is 7.09. The van der Waals surface area contributed by atoms with Crippen molar-refractivity contribution < 1.29 is 19.4 Å². The number of carbonyl (C=O) groups excluding carboxylic acids is 1. The van der Waals surface area contributed by atoms with Gasteiger partial charge in [-0.2, -0.15) is 0 Å². The number of piperazine rings is 1. The lowest BCUT2D eigenvalue weighted by molar-refractivity contribution is -0.142. The van der Waals surface area contributed by atoms with E-state index in [1.807, 2.05) is 29.2 Å². The zero-order valence-corrected chi connectivity index (χ0v) is 15.6. The number of β-amino-alcohol motifs (C(OH)–C–C–N with tert-alkyl or cyclic N) is 1. The molecule has 6 heteroatoms. The predicted molar refractivity (Wildman–Crippen MR) is 99.3 cm³/mol. The van der Waals surface area contributed by atoms with Crippen molar-refractivity contribution in [3.63, 3.8) is 0 Å². The van der Waals surface area contributed by atoms with E-state index in [1.165, 1.54) is 5.56 Å². The number of ether oxygens (including phenoxy) is 2. The van der Waals surface area contributed by atoms with Gasteiger partial charge in [-0.3, -0.25) is 9.69 Å². The van der Waals surface area contributed by atoms with Gasteiger partial charge in [-0.25, -0.2) is 0 Å². The van der Waals surface area contributed by atoms with E-state index in [2.05, 4.69) is 11.8 Å². The number of aliphatic hydroxyl groups excluding tert-OH is 1. The molecule has 2 aliphatic rings. The summed E-state index contributed by atoms with van der Waals surface area (Å²) in [6.07, 6.45) is 2.04. The molecule has 1 amide bonds. The van der Waals surface area contributed by atoms with Crippen molar-refractivity contribution in [3.8, 4) is 5.75 Å². The third kappa shape index (κ3) is 5.19. The summed E-state index contributed by atoms with van der Waals surface area (Å²) in [7, 11) is 0. The molecule has 0 unspecified atom stereocenters. The van der Waals surface area contributed by atoms with E-state index in [-0.39, 0.29) is 18.6 Å². The number of benzene rings is 1. The minimum absolute atomic E-state index is 0.126. The number of aryl methyl sites for hydroxylation is 1. The van der Waals surface area contributed by atoms with Gasteiger partial charge in [-0.05, 0) is 37.0 Å². The van der Waals surface area contributed by atoms with Crippen molar-refractivity contribution in [2.24, 2.45) is 0 Å². The first-order valence-electron chi connectivity index (χ1n) is 9.68. The molecule has 1 N–H and O–H groups in total. The fraction of sp³-hybridized carbons (Fsp3) is 0.650. The summed E-state index contributed by atoms with van der Waals surface area (Å²) in [6.45, 7) is 6.62. The van der Waals surface area contributed by atoms with Gasteiger partial charge in [0.1, 0.15) is 24.6 Å². The Kier molecular flexibility index (Phi) is 6.88. The molecule has 144 valence electrons. The lowest BCUT2D eigenvalue weighted by Gasteiger charge is -2.36. The van der Waals surface area contributed by atoms with Gasteiger partial charge in [0.2, 0.25) is 0 Å². The maximum atomic E-state index is 12.3. The Hall–Kier alpha value is -1.63. The van der Waals surface area contributed by atoms with Crippen LogP contribution in [0.1, 0.15) is 25.3 Å². The lowest BCUT2D eigenvalue weighted by Crippen LogP contribution is -2.53. The van der Waals surface area contributed by atoms with Crippen molar-refractivity contribution in [1.82, 2.24) is 9.80 Å². The molecule has 0 aliphatic carbocycles. The van der Waals surface area contributed by atoms with E-state index >= 15 is 0 Å². The first-order chi connectivity index (χ1) is 12.7. The highest BCUT2D eigenvalue weighted by Gasteiger charge is 2.30. The summed E-state index contributed by atoms with van der Waals surface area (Å²) in [5, 5.41) is 10.2. The van der Waals surface area contributed by atoms with E-state index in [0.717, 1.165) is 38.1 Å². The molecule has 1 aromatic carbocycles. The van der Waals surface area contributed by atoms with Gasteiger partial charge in [0.05, 0.1) is 0 Å². The number of carbonyl (C=O) groups is 1. The second kappa shape index (κ2) is 9.35. The third-order valence-corrected chi connectivity index (χ3v) is 5.13. The first-order valence-corrected chi connectivity index (χ1v) is 9.68. The average Bonchev–Trinajstić information content (AvgIpc) is 3.21. The molecule has 0 radical (unpaired) electrons. The zero-order valence-electron chi connectivity index (χ0n) is 15.6. The number of rotatable bonds is 7. The minimum atomic E-state index is -0.540. The maximum absolute atomic E-state index is 12.3. The van der Waals surface area contributed by atoms with Gasteiger partial charge in [0.25, 0.3) is 5.91 Å². The summed E-state index contributed by atoms with van der Waals surface area (Å²) < 4.78 is 11.2. The molecular formula is C20H30N2O4. The highest BCUT2D eigenvalue weighted by atomic mass is 16.5. The summed E-state index contributed by atoms with van der Waals surface area (Å²) in [5.74, 6) is 0.912. The minimum Gasteiger partial charge on any atom is -0.491 e. The molecule has 2 saturated heterocycles. The number of hydrogen-bond acceptors (Lipinski definition) is 5. The molecule has 2 aliphatic heterocycles. The van der Waals surface area contributed by atoms with Gasteiger partial charge in [0.15, 0.2) is 0 Å². The van der Waals surface area contributed by atoms with Crippen LogP contribution in [0.3, 0.4) is 0 Å². The SMILES string of the molecule is CCc1ccc(OC[C@H](O)CN2CCN(C(=O)[C@H]3CCCO3)CC2)cc1. The Morgan fingerprint density at radius 2 is 2.00 bits per heavy atom. The molecule has 1 aromatic rings. The fourth-order valence-electron chi connectivity index (χ4n) is 3.49.